The molecule has 0 radical (unpaired) electrons. The van der Waals surface area contributed by atoms with E-state index >= 15 is 0 Å². The van der Waals surface area contributed by atoms with Gasteiger partial charge in [-0.05, 0) is 37.1 Å². The van der Waals surface area contributed by atoms with Gasteiger partial charge in [0.25, 0.3) is 11.8 Å². The average molecular weight is 290 g/mol. The molecule has 0 aliphatic carbocycles. The number of carbonyl (C=O) groups is 2. The van der Waals surface area contributed by atoms with Crippen LogP contribution < -0.4 is 10.6 Å². The molecule has 2 heterocycles. The lowest BCUT2D eigenvalue weighted by Gasteiger charge is -2.16. The highest BCUT2D eigenvalue weighted by Crippen LogP contribution is 2.04. The molecule has 2 amide bonds. The summed E-state index contributed by atoms with van der Waals surface area (Å²) >= 11 is 0. The van der Waals surface area contributed by atoms with Crippen molar-refractivity contribution in [1.82, 2.24) is 10.6 Å². The molecule has 0 spiro atoms. The van der Waals surface area contributed by atoms with Gasteiger partial charge < -0.3 is 19.5 Å². The normalized spacial score (nSPS) is 11.9. The lowest BCUT2D eigenvalue weighted by molar-refractivity contribution is 0.0903. The van der Waals surface area contributed by atoms with Crippen LogP contribution in [0.25, 0.3) is 0 Å². The third-order valence-corrected chi connectivity index (χ3v) is 3.10. The van der Waals surface area contributed by atoms with Gasteiger partial charge in [-0.15, -0.1) is 0 Å². The number of furan rings is 2. The van der Waals surface area contributed by atoms with Crippen molar-refractivity contribution in [2.24, 2.45) is 0 Å². The molecule has 0 saturated carbocycles. The van der Waals surface area contributed by atoms with E-state index in [2.05, 4.69) is 10.6 Å². The smallest absolute Gasteiger partial charge is 0.287 e. The minimum atomic E-state index is -0.257. The number of amides is 2. The third-order valence-electron chi connectivity index (χ3n) is 3.10. The van der Waals surface area contributed by atoms with E-state index in [1.54, 1.807) is 24.3 Å². The molecule has 2 N–H and O–H groups in total. The molecule has 0 aromatic carbocycles. The maximum absolute atomic E-state index is 11.9. The molecule has 1 atom stereocenters. The zero-order chi connectivity index (χ0) is 15.1. The van der Waals surface area contributed by atoms with E-state index in [1.165, 1.54) is 12.5 Å². The first-order valence-electron chi connectivity index (χ1n) is 6.86. The molecular formula is C15H18N2O4. The van der Waals surface area contributed by atoms with Gasteiger partial charge in [0.15, 0.2) is 11.5 Å². The van der Waals surface area contributed by atoms with E-state index < -0.39 is 0 Å². The summed E-state index contributed by atoms with van der Waals surface area (Å²) in [6, 6.07) is 6.51. The second kappa shape index (κ2) is 7.33. The van der Waals surface area contributed by atoms with E-state index in [1.807, 2.05) is 6.92 Å². The molecule has 6 nitrogen and oxygen atoms in total. The van der Waals surface area contributed by atoms with Crippen LogP contribution >= 0.6 is 0 Å². The van der Waals surface area contributed by atoms with Crippen molar-refractivity contribution in [3.63, 3.8) is 0 Å². The Hall–Kier alpha value is -2.50. The number of nitrogens with one attached hydrogen (secondary N) is 2. The van der Waals surface area contributed by atoms with Crippen LogP contribution in [0.15, 0.2) is 45.6 Å². The van der Waals surface area contributed by atoms with Gasteiger partial charge in [0.1, 0.15) is 0 Å². The predicted octanol–water partition coefficient (Wildman–Crippen LogP) is 2.20. The minimum absolute atomic E-state index is 0.0282. The van der Waals surface area contributed by atoms with E-state index in [-0.39, 0.29) is 29.4 Å². The van der Waals surface area contributed by atoms with Crippen molar-refractivity contribution in [3.8, 4) is 0 Å². The van der Waals surface area contributed by atoms with Gasteiger partial charge in [0.2, 0.25) is 0 Å². The summed E-state index contributed by atoms with van der Waals surface area (Å²) in [6.07, 6.45) is 4.31. The second-order valence-electron chi connectivity index (χ2n) is 4.58. The fourth-order valence-corrected chi connectivity index (χ4v) is 1.90. The van der Waals surface area contributed by atoms with Crippen LogP contribution in [0.4, 0.5) is 0 Å². The first-order valence-corrected chi connectivity index (χ1v) is 6.86. The topological polar surface area (TPSA) is 84.5 Å². The Labute approximate surface area is 122 Å². The summed E-state index contributed by atoms with van der Waals surface area (Å²) in [5.41, 5.74) is 0. The van der Waals surface area contributed by atoms with Gasteiger partial charge in [0, 0.05) is 12.6 Å². The van der Waals surface area contributed by atoms with Gasteiger partial charge in [0.05, 0.1) is 12.5 Å². The van der Waals surface area contributed by atoms with Crippen LogP contribution in [0.5, 0.6) is 0 Å². The van der Waals surface area contributed by atoms with Crippen LogP contribution in [0.2, 0.25) is 0 Å². The zero-order valence-electron chi connectivity index (χ0n) is 11.8. The van der Waals surface area contributed by atoms with Crippen molar-refractivity contribution < 1.29 is 18.4 Å². The molecule has 112 valence electrons. The predicted molar refractivity (Wildman–Crippen MR) is 75.9 cm³/mol. The number of hydrogen-bond donors (Lipinski definition) is 2. The standard InChI is InChI=1S/C15H18N2O4/c1-2-11(17-15(19)13-6-4-10-21-13)7-8-16-14(18)12-5-3-9-20-12/h3-6,9-11H,2,7-8H2,1H3,(H,16,18)(H,17,19). The summed E-state index contributed by atoms with van der Waals surface area (Å²) in [5, 5.41) is 5.62. The quantitative estimate of drug-likeness (QED) is 0.818. The zero-order valence-corrected chi connectivity index (χ0v) is 11.8. The van der Waals surface area contributed by atoms with Crippen LogP contribution in [0, 0.1) is 0 Å². The number of hydrogen-bond acceptors (Lipinski definition) is 4. The van der Waals surface area contributed by atoms with Crippen molar-refractivity contribution in [3.05, 3.63) is 48.3 Å². The molecule has 0 fully saturated rings. The molecule has 0 aliphatic rings. The molecular weight excluding hydrogens is 272 g/mol. The van der Waals surface area contributed by atoms with Crippen LogP contribution in [-0.4, -0.2) is 24.4 Å². The first kappa shape index (κ1) is 14.9. The van der Waals surface area contributed by atoms with Crippen molar-refractivity contribution in [2.75, 3.05) is 6.54 Å². The van der Waals surface area contributed by atoms with Crippen molar-refractivity contribution in [1.29, 1.82) is 0 Å². The average Bonchev–Trinajstić information content (AvgIpc) is 3.18. The van der Waals surface area contributed by atoms with Crippen LogP contribution in [0.1, 0.15) is 40.9 Å². The highest BCUT2D eigenvalue weighted by Gasteiger charge is 2.15. The Morgan fingerprint density at radius 1 is 1.10 bits per heavy atom. The van der Waals surface area contributed by atoms with E-state index in [4.69, 9.17) is 8.83 Å². The van der Waals surface area contributed by atoms with Gasteiger partial charge in [-0.1, -0.05) is 6.92 Å². The second-order valence-corrected chi connectivity index (χ2v) is 4.58. The van der Waals surface area contributed by atoms with Crippen LogP contribution in [0.3, 0.4) is 0 Å². The molecule has 0 saturated heterocycles. The SMILES string of the molecule is CCC(CCNC(=O)c1ccco1)NC(=O)c1ccco1. The fourth-order valence-electron chi connectivity index (χ4n) is 1.90. The number of carbonyl (C=O) groups excluding carboxylic acids is 2. The fraction of sp³-hybridized carbons (Fsp3) is 0.333. The lowest BCUT2D eigenvalue weighted by atomic mass is 10.1. The minimum Gasteiger partial charge on any atom is -0.459 e. The highest BCUT2D eigenvalue weighted by molar-refractivity contribution is 5.92. The summed E-state index contributed by atoms with van der Waals surface area (Å²) in [4.78, 5) is 23.5. The Bertz CT molecular complexity index is 561. The molecule has 1 unspecified atom stereocenters. The van der Waals surface area contributed by atoms with Gasteiger partial charge >= 0.3 is 0 Å². The van der Waals surface area contributed by atoms with Gasteiger partial charge in [-0.3, -0.25) is 9.59 Å². The molecule has 2 aromatic rings. The summed E-state index contributed by atoms with van der Waals surface area (Å²) in [5.74, 6) is 0.0622. The largest absolute Gasteiger partial charge is 0.459 e. The van der Waals surface area contributed by atoms with E-state index in [9.17, 15) is 9.59 Å². The van der Waals surface area contributed by atoms with Crippen LogP contribution in [-0.2, 0) is 0 Å². The summed E-state index contributed by atoms with van der Waals surface area (Å²) < 4.78 is 10.0. The molecule has 21 heavy (non-hydrogen) atoms. The monoisotopic (exact) mass is 290 g/mol. The first-order chi connectivity index (χ1) is 10.2. The lowest BCUT2D eigenvalue weighted by Crippen LogP contribution is -2.37. The van der Waals surface area contributed by atoms with Gasteiger partial charge in [-0.25, -0.2) is 0 Å². The summed E-state index contributed by atoms with van der Waals surface area (Å²) in [7, 11) is 0. The molecule has 6 heteroatoms. The van der Waals surface area contributed by atoms with E-state index in [0.29, 0.717) is 13.0 Å². The Morgan fingerprint density at radius 3 is 2.24 bits per heavy atom. The van der Waals surface area contributed by atoms with E-state index in [0.717, 1.165) is 6.42 Å². The molecule has 2 aromatic heterocycles. The maximum Gasteiger partial charge on any atom is 0.287 e. The van der Waals surface area contributed by atoms with Crippen molar-refractivity contribution in [2.45, 2.75) is 25.8 Å². The molecule has 0 aliphatic heterocycles. The number of rotatable bonds is 7. The van der Waals surface area contributed by atoms with Crippen molar-refractivity contribution >= 4 is 11.8 Å². The third kappa shape index (κ3) is 4.24. The van der Waals surface area contributed by atoms with Gasteiger partial charge in [-0.2, -0.15) is 0 Å². The Morgan fingerprint density at radius 2 is 1.71 bits per heavy atom. The molecule has 2 rings (SSSR count). The molecule has 0 bridgehead atoms. The highest BCUT2D eigenvalue weighted by atomic mass is 16.3. The Balaban J connectivity index is 1.75. The Kier molecular flexibility index (Phi) is 5.20. The summed E-state index contributed by atoms with van der Waals surface area (Å²) in [6.45, 7) is 2.43. The maximum atomic E-state index is 11.9.